The van der Waals surface area contributed by atoms with Gasteiger partial charge >= 0.3 is 5.91 Å². The van der Waals surface area contributed by atoms with E-state index in [4.69, 9.17) is 9.47 Å². The van der Waals surface area contributed by atoms with Gasteiger partial charge in [-0.25, -0.2) is 4.39 Å². The van der Waals surface area contributed by atoms with Crippen molar-refractivity contribution in [1.29, 1.82) is 0 Å². The van der Waals surface area contributed by atoms with Gasteiger partial charge in [-0.2, -0.15) is 0 Å². The van der Waals surface area contributed by atoms with Crippen molar-refractivity contribution in [2.45, 2.75) is 35.9 Å². The molecular formula is C36H30FN3O5S2. The van der Waals surface area contributed by atoms with Crippen molar-refractivity contribution in [3.63, 3.8) is 0 Å². The van der Waals surface area contributed by atoms with Crippen LogP contribution in [-0.2, 0) is 15.3 Å². The van der Waals surface area contributed by atoms with Crippen LogP contribution >= 0.6 is 23.1 Å². The zero-order chi connectivity index (χ0) is 32.8. The summed E-state index contributed by atoms with van der Waals surface area (Å²) in [5, 5.41) is 20.3. The molecule has 11 heteroatoms. The van der Waals surface area contributed by atoms with Crippen LogP contribution in [0.1, 0.15) is 42.5 Å². The Bertz CT molecular complexity index is 1900. The van der Waals surface area contributed by atoms with Crippen LogP contribution in [0.3, 0.4) is 0 Å². The second kappa shape index (κ2) is 14.6. The third-order valence-electron chi connectivity index (χ3n) is 7.37. The summed E-state index contributed by atoms with van der Waals surface area (Å²) in [7, 11) is 0. The highest BCUT2D eigenvalue weighted by molar-refractivity contribution is 8.00. The van der Waals surface area contributed by atoms with Gasteiger partial charge in [-0.1, -0.05) is 78.9 Å². The lowest BCUT2D eigenvalue weighted by atomic mass is 9.95. The number of unbranched alkanes of at least 4 members (excludes halogenated alkanes) is 1. The Morgan fingerprint density at radius 2 is 1.66 bits per heavy atom. The molecular weight excluding hydrogens is 638 g/mol. The van der Waals surface area contributed by atoms with E-state index in [2.05, 4.69) is 17.1 Å². The van der Waals surface area contributed by atoms with Crippen LogP contribution < -0.4 is 14.4 Å². The van der Waals surface area contributed by atoms with Gasteiger partial charge in [0.1, 0.15) is 28.8 Å². The summed E-state index contributed by atoms with van der Waals surface area (Å²) in [4.78, 5) is 28.7. The summed E-state index contributed by atoms with van der Waals surface area (Å²) >= 11 is 2.53. The molecule has 4 aromatic carbocycles. The number of carbonyl (C=O) groups excluding carboxylic acids is 2. The summed E-state index contributed by atoms with van der Waals surface area (Å²) in [6, 6.07) is 28.2. The minimum absolute atomic E-state index is 0.0813. The molecule has 1 fully saturated rings. The molecule has 1 aromatic heterocycles. The minimum atomic E-state index is -1.02. The molecule has 0 spiro atoms. The maximum Gasteiger partial charge on any atom is 0.301 e. The maximum absolute atomic E-state index is 13.7. The monoisotopic (exact) mass is 667 g/mol. The van der Waals surface area contributed by atoms with Crippen LogP contribution in [-0.4, -0.2) is 33.6 Å². The lowest BCUT2D eigenvalue weighted by Gasteiger charge is -2.23. The number of anilines is 1. The first-order valence-electron chi connectivity index (χ1n) is 15.0. The minimum Gasteiger partial charge on any atom is -0.507 e. The van der Waals surface area contributed by atoms with Crippen molar-refractivity contribution in [2.75, 3.05) is 11.5 Å². The van der Waals surface area contributed by atoms with Crippen molar-refractivity contribution in [2.24, 2.45) is 0 Å². The molecule has 0 unspecified atom stereocenters. The lowest BCUT2D eigenvalue weighted by molar-refractivity contribution is -0.132. The summed E-state index contributed by atoms with van der Waals surface area (Å²) in [6.45, 7) is 2.65. The van der Waals surface area contributed by atoms with Gasteiger partial charge in [0.25, 0.3) is 5.78 Å². The van der Waals surface area contributed by atoms with E-state index in [0.717, 1.165) is 29.7 Å². The Morgan fingerprint density at radius 3 is 2.40 bits per heavy atom. The van der Waals surface area contributed by atoms with E-state index >= 15 is 0 Å². The number of aliphatic hydroxyl groups excluding tert-OH is 1. The maximum atomic E-state index is 13.7. The number of nitrogens with zero attached hydrogens (tertiary/aromatic N) is 3. The topological polar surface area (TPSA) is 102 Å². The average molecular weight is 668 g/mol. The van der Waals surface area contributed by atoms with Crippen molar-refractivity contribution in [3.8, 4) is 17.2 Å². The highest BCUT2D eigenvalue weighted by atomic mass is 32.2. The molecule has 0 saturated carbocycles. The number of aliphatic hydroxyl groups is 1. The molecule has 0 radical (unpaired) electrons. The molecule has 0 aliphatic carbocycles. The summed E-state index contributed by atoms with van der Waals surface area (Å²) in [6.07, 6.45) is 1.91. The molecule has 1 N–H and O–H groups in total. The lowest BCUT2D eigenvalue weighted by Crippen LogP contribution is -2.29. The van der Waals surface area contributed by atoms with Crippen LogP contribution in [0.25, 0.3) is 5.76 Å². The van der Waals surface area contributed by atoms with Crippen LogP contribution in [0.2, 0.25) is 0 Å². The fraction of sp³-hybridized carbons (Fsp3) is 0.167. The molecule has 0 bridgehead atoms. The number of amides is 1. The van der Waals surface area contributed by atoms with Gasteiger partial charge in [0.15, 0.2) is 4.34 Å². The van der Waals surface area contributed by atoms with Crippen molar-refractivity contribution in [3.05, 3.63) is 131 Å². The first kappa shape index (κ1) is 32.0. The summed E-state index contributed by atoms with van der Waals surface area (Å²) in [5.74, 6) is -0.0706. The Balaban J connectivity index is 1.36. The highest BCUT2D eigenvalue weighted by Gasteiger charge is 2.48. The number of ketones is 1. The van der Waals surface area contributed by atoms with Gasteiger partial charge in [-0.15, -0.1) is 10.2 Å². The van der Waals surface area contributed by atoms with E-state index in [-0.39, 0.29) is 22.3 Å². The number of carbonyl (C=O) groups is 2. The number of para-hydroxylation sites is 1. The van der Waals surface area contributed by atoms with E-state index in [1.807, 2.05) is 30.3 Å². The molecule has 1 aliphatic heterocycles. The third-order valence-corrected chi connectivity index (χ3v) is 9.50. The van der Waals surface area contributed by atoms with Gasteiger partial charge < -0.3 is 14.6 Å². The van der Waals surface area contributed by atoms with Crippen molar-refractivity contribution >= 4 is 45.7 Å². The van der Waals surface area contributed by atoms with E-state index in [1.165, 1.54) is 28.8 Å². The zero-order valence-corrected chi connectivity index (χ0v) is 27.0. The Kier molecular flexibility index (Phi) is 9.94. The number of halogens is 1. The number of rotatable bonds is 12. The fourth-order valence-corrected chi connectivity index (χ4v) is 6.82. The normalized spacial score (nSPS) is 15.6. The zero-order valence-electron chi connectivity index (χ0n) is 25.3. The fourth-order valence-electron chi connectivity index (χ4n) is 5.00. The predicted octanol–water partition coefficient (Wildman–Crippen LogP) is 8.57. The Morgan fingerprint density at radius 1 is 0.915 bits per heavy atom. The largest absolute Gasteiger partial charge is 0.507 e. The van der Waals surface area contributed by atoms with Gasteiger partial charge in [0, 0.05) is 11.3 Å². The molecule has 238 valence electrons. The molecule has 5 aromatic rings. The van der Waals surface area contributed by atoms with E-state index in [9.17, 15) is 19.1 Å². The first-order valence-corrected chi connectivity index (χ1v) is 16.8. The van der Waals surface area contributed by atoms with Crippen LogP contribution in [0.4, 0.5) is 9.52 Å². The van der Waals surface area contributed by atoms with Crippen LogP contribution in [0.5, 0.6) is 17.2 Å². The molecule has 2 heterocycles. The van der Waals surface area contributed by atoms with Gasteiger partial charge in [-0.3, -0.25) is 14.5 Å². The van der Waals surface area contributed by atoms with E-state index < -0.39 is 17.7 Å². The second-order valence-corrected chi connectivity index (χ2v) is 12.8. The average Bonchev–Trinajstić information content (AvgIpc) is 3.66. The number of Topliss-reactive ketones (excluding diaryl/α,β-unsaturated/α-hetero) is 1. The highest BCUT2D eigenvalue weighted by Crippen LogP contribution is 2.45. The Labute approximate surface area is 279 Å². The molecule has 1 atom stereocenters. The molecule has 6 rings (SSSR count). The first-order chi connectivity index (χ1) is 22.9. The van der Waals surface area contributed by atoms with Crippen LogP contribution in [0, 0.1) is 5.82 Å². The SMILES string of the molecule is CCCCOc1ccc(C(O)=C2C(=O)C(=O)N(c3nnc(SCc4ccc(F)cc4)s3)[C@H]2c2cccc(Oc3ccccc3)c2)cc1. The number of hydrogen-bond acceptors (Lipinski definition) is 9. The standard InChI is InChI=1S/C36H30FN3O5S2/c1-2-3-20-44-27-18-14-24(15-19-27)32(41)30-31(25-8-7-11-29(21-25)45-28-9-5-4-6-10-28)40(34(43)33(30)42)35-38-39-36(47-35)46-22-23-12-16-26(37)17-13-23/h4-19,21,31,41H,2-3,20,22H2,1H3/t31-/m0/s1. The number of benzene rings is 4. The van der Waals surface area contributed by atoms with E-state index in [0.29, 0.717) is 45.1 Å². The van der Waals surface area contributed by atoms with Crippen LogP contribution in [0.15, 0.2) is 113 Å². The predicted molar refractivity (Wildman–Crippen MR) is 180 cm³/mol. The molecule has 1 amide bonds. The second-order valence-electron chi connectivity index (χ2n) is 10.6. The Hall–Kier alpha value is -5.00. The van der Waals surface area contributed by atoms with Gasteiger partial charge in [0.2, 0.25) is 5.13 Å². The molecule has 1 saturated heterocycles. The van der Waals surface area contributed by atoms with E-state index in [1.54, 1.807) is 60.7 Å². The molecule has 8 nitrogen and oxygen atoms in total. The summed E-state index contributed by atoms with van der Waals surface area (Å²) < 4.78 is 25.7. The quantitative estimate of drug-likeness (QED) is 0.0353. The summed E-state index contributed by atoms with van der Waals surface area (Å²) in [5.41, 5.74) is 1.71. The smallest absolute Gasteiger partial charge is 0.301 e. The van der Waals surface area contributed by atoms with Gasteiger partial charge in [-0.05, 0) is 78.2 Å². The molecule has 1 aliphatic rings. The number of aromatic nitrogens is 2. The third kappa shape index (κ3) is 7.37. The number of ether oxygens (including phenoxy) is 2. The number of hydrogen-bond donors (Lipinski definition) is 1. The van der Waals surface area contributed by atoms with Crippen molar-refractivity contribution < 1.29 is 28.6 Å². The molecule has 47 heavy (non-hydrogen) atoms. The van der Waals surface area contributed by atoms with Gasteiger partial charge in [0.05, 0.1) is 18.2 Å². The van der Waals surface area contributed by atoms with Crippen molar-refractivity contribution in [1.82, 2.24) is 10.2 Å². The number of thioether (sulfide) groups is 1.